The maximum Gasteiger partial charge on any atom is 0.282 e. The Morgan fingerprint density at radius 3 is 2.60 bits per heavy atom. The Bertz CT molecular complexity index is 524. The summed E-state index contributed by atoms with van der Waals surface area (Å²) in [6, 6.07) is 3.87. The van der Waals surface area contributed by atoms with Crippen LogP contribution in [0, 0.1) is 10.1 Å². The lowest BCUT2D eigenvalue weighted by molar-refractivity contribution is -0.385. The van der Waals surface area contributed by atoms with Crippen LogP contribution in [0.1, 0.15) is 36.0 Å². The zero-order valence-electron chi connectivity index (χ0n) is 10.9. The summed E-state index contributed by atoms with van der Waals surface area (Å²) < 4.78 is 0. The molecular weight excluding hydrogens is 262 g/mol. The van der Waals surface area contributed by atoms with Crippen molar-refractivity contribution in [1.82, 2.24) is 5.32 Å². The second-order valence-corrected chi connectivity index (χ2v) is 5.01. The highest BCUT2D eigenvalue weighted by atomic mass is 16.6. The number of rotatable bonds is 3. The maximum absolute atomic E-state index is 12.1. The van der Waals surface area contributed by atoms with Gasteiger partial charge in [-0.25, -0.2) is 0 Å². The molecule has 2 rings (SSSR count). The van der Waals surface area contributed by atoms with Gasteiger partial charge in [0.15, 0.2) is 0 Å². The van der Waals surface area contributed by atoms with Gasteiger partial charge >= 0.3 is 0 Å². The lowest BCUT2D eigenvalue weighted by atomic mass is 9.93. The summed E-state index contributed by atoms with van der Waals surface area (Å²) in [6.07, 6.45) is 2.28. The fraction of sp³-hybridized carbons (Fsp3) is 0.462. The molecule has 1 aliphatic rings. The van der Waals surface area contributed by atoms with E-state index in [9.17, 15) is 20.0 Å². The molecule has 0 heterocycles. The monoisotopic (exact) mass is 279 g/mol. The normalized spacial score (nSPS) is 22.2. The van der Waals surface area contributed by atoms with Gasteiger partial charge in [0.25, 0.3) is 11.6 Å². The topological polar surface area (TPSA) is 118 Å². The SMILES string of the molecule is Nc1ccc([N+](=O)[O-])c(C(=O)NC2CCC(O)CC2)c1. The number of nitrogens with one attached hydrogen (secondary N) is 1. The van der Waals surface area contributed by atoms with Crippen LogP contribution in [0.25, 0.3) is 0 Å². The van der Waals surface area contributed by atoms with Crippen molar-refractivity contribution < 1.29 is 14.8 Å². The summed E-state index contributed by atoms with van der Waals surface area (Å²) >= 11 is 0. The first-order chi connectivity index (χ1) is 9.47. The van der Waals surface area contributed by atoms with Crippen LogP contribution < -0.4 is 11.1 Å². The number of carbonyl (C=O) groups excluding carboxylic acids is 1. The summed E-state index contributed by atoms with van der Waals surface area (Å²) in [4.78, 5) is 22.5. The molecular formula is C13H17N3O4. The number of benzene rings is 1. The average molecular weight is 279 g/mol. The van der Waals surface area contributed by atoms with Crippen molar-refractivity contribution in [1.29, 1.82) is 0 Å². The highest BCUT2D eigenvalue weighted by Crippen LogP contribution is 2.23. The number of amides is 1. The van der Waals surface area contributed by atoms with Crippen molar-refractivity contribution in [2.45, 2.75) is 37.8 Å². The smallest absolute Gasteiger partial charge is 0.282 e. The number of aliphatic hydroxyl groups is 1. The number of hydrogen-bond acceptors (Lipinski definition) is 5. The highest BCUT2D eigenvalue weighted by Gasteiger charge is 2.25. The van der Waals surface area contributed by atoms with Crippen LogP contribution in [-0.4, -0.2) is 28.1 Å². The molecule has 0 spiro atoms. The van der Waals surface area contributed by atoms with E-state index in [1.165, 1.54) is 18.2 Å². The average Bonchev–Trinajstić information content (AvgIpc) is 2.41. The summed E-state index contributed by atoms with van der Waals surface area (Å²) in [5.74, 6) is -0.495. The minimum Gasteiger partial charge on any atom is -0.399 e. The minimum absolute atomic E-state index is 0.0267. The van der Waals surface area contributed by atoms with Gasteiger partial charge in [0.05, 0.1) is 11.0 Å². The first-order valence-electron chi connectivity index (χ1n) is 6.50. The predicted molar refractivity (Wildman–Crippen MR) is 73.2 cm³/mol. The van der Waals surface area contributed by atoms with Gasteiger partial charge in [-0.1, -0.05) is 0 Å². The molecule has 108 valence electrons. The Kier molecular flexibility index (Phi) is 4.19. The molecule has 20 heavy (non-hydrogen) atoms. The number of nitrogens with zero attached hydrogens (tertiary/aromatic N) is 1. The van der Waals surface area contributed by atoms with Crippen molar-refractivity contribution in [2.24, 2.45) is 0 Å². The zero-order chi connectivity index (χ0) is 14.7. The predicted octanol–water partition coefficient (Wildman–Crippen LogP) is 1.21. The quantitative estimate of drug-likeness (QED) is 0.436. The molecule has 1 fully saturated rings. The second kappa shape index (κ2) is 5.87. The summed E-state index contributed by atoms with van der Waals surface area (Å²) in [7, 11) is 0. The van der Waals surface area contributed by atoms with Crippen molar-refractivity contribution in [3.05, 3.63) is 33.9 Å². The molecule has 0 bridgehead atoms. The Balaban J connectivity index is 2.12. The van der Waals surface area contributed by atoms with Crippen LogP contribution in [0.5, 0.6) is 0 Å². The number of carbonyl (C=O) groups is 1. The Labute approximate surface area is 115 Å². The van der Waals surface area contributed by atoms with Crippen molar-refractivity contribution >= 4 is 17.3 Å². The van der Waals surface area contributed by atoms with Crippen molar-refractivity contribution in [3.63, 3.8) is 0 Å². The molecule has 1 aromatic rings. The van der Waals surface area contributed by atoms with E-state index in [2.05, 4.69) is 5.32 Å². The molecule has 4 N–H and O–H groups in total. The number of anilines is 1. The summed E-state index contributed by atoms with van der Waals surface area (Å²) in [6.45, 7) is 0. The summed E-state index contributed by atoms with van der Waals surface area (Å²) in [5, 5.41) is 23.1. The van der Waals surface area contributed by atoms with Gasteiger partial charge in [0.1, 0.15) is 5.56 Å². The molecule has 7 nitrogen and oxygen atoms in total. The van der Waals surface area contributed by atoms with Gasteiger partial charge in [0.2, 0.25) is 0 Å². The first kappa shape index (κ1) is 14.3. The molecule has 0 radical (unpaired) electrons. The van der Waals surface area contributed by atoms with E-state index >= 15 is 0 Å². The van der Waals surface area contributed by atoms with Crippen LogP contribution in [0.4, 0.5) is 11.4 Å². The molecule has 0 atom stereocenters. The van der Waals surface area contributed by atoms with Gasteiger partial charge in [-0.3, -0.25) is 14.9 Å². The van der Waals surface area contributed by atoms with E-state index < -0.39 is 10.8 Å². The van der Waals surface area contributed by atoms with Gasteiger partial charge < -0.3 is 16.2 Å². The first-order valence-corrected chi connectivity index (χ1v) is 6.50. The van der Waals surface area contributed by atoms with Gasteiger partial charge in [0, 0.05) is 17.8 Å². The lowest BCUT2D eigenvalue weighted by Crippen LogP contribution is -2.38. The minimum atomic E-state index is -0.598. The number of hydrogen-bond donors (Lipinski definition) is 3. The number of aliphatic hydroxyl groups excluding tert-OH is 1. The van der Waals surface area contributed by atoms with E-state index in [-0.39, 0.29) is 23.4 Å². The lowest BCUT2D eigenvalue weighted by Gasteiger charge is -2.26. The Morgan fingerprint density at radius 2 is 2.00 bits per heavy atom. The van der Waals surface area contributed by atoms with E-state index in [0.29, 0.717) is 31.4 Å². The molecule has 1 amide bonds. The van der Waals surface area contributed by atoms with E-state index in [0.717, 1.165) is 0 Å². The number of nitrogens with two attached hydrogens (primary N) is 1. The van der Waals surface area contributed by atoms with Crippen molar-refractivity contribution in [3.8, 4) is 0 Å². The van der Waals surface area contributed by atoms with Gasteiger partial charge in [-0.05, 0) is 37.8 Å². The molecule has 1 saturated carbocycles. The zero-order valence-corrected chi connectivity index (χ0v) is 10.9. The molecule has 0 unspecified atom stereocenters. The molecule has 0 aromatic heterocycles. The third-order valence-electron chi connectivity index (χ3n) is 3.49. The molecule has 1 aromatic carbocycles. The third kappa shape index (κ3) is 3.24. The van der Waals surface area contributed by atoms with Crippen LogP contribution in [-0.2, 0) is 0 Å². The van der Waals surface area contributed by atoms with Gasteiger partial charge in [-0.15, -0.1) is 0 Å². The number of nitrogen functional groups attached to an aromatic ring is 1. The number of nitro groups is 1. The molecule has 0 saturated heterocycles. The van der Waals surface area contributed by atoms with E-state index in [1.807, 2.05) is 0 Å². The second-order valence-electron chi connectivity index (χ2n) is 5.01. The molecule has 0 aliphatic heterocycles. The van der Waals surface area contributed by atoms with Crippen LogP contribution >= 0.6 is 0 Å². The van der Waals surface area contributed by atoms with Crippen LogP contribution in [0.3, 0.4) is 0 Å². The van der Waals surface area contributed by atoms with Crippen LogP contribution in [0.2, 0.25) is 0 Å². The number of nitro benzene ring substituents is 1. The Hall–Kier alpha value is -2.15. The van der Waals surface area contributed by atoms with E-state index in [4.69, 9.17) is 5.73 Å². The fourth-order valence-electron chi connectivity index (χ4n) is 2.38. The Morgan fingerprint density at radius 1 is 1.35 bits per heavy atom. The highest BCUT2D eigenvalue weighted by molar-refractivity contribution is 5.99. The standard InChI is InChI=1S/C13H17N3O4/c14-8-1-6-12(16(19)20)11(7-8)13(18)15-9-2-4-10(17)5-3-9/h1,6-7,9-10,17H,2-5,14H2,(H,15,18). The summed E-state index contributed by atoms with van der Waals surface area (Å²) in [5.41, 5.74) is 5.60. The largest absolute Gasteiger partial charge is 0.399 e. The van der Waals surface area contributed by atoms with Gasteiger partial charge in [-0.2, -0.15) is 0 Å². The molecule has 7 heteroatoms. The third-order valence-corrected chi connectivity index (χ3v) is 3.49. The molecule has 1 aliphatic carbocycles. The van der Waals surface area contributed by atoms with Crippen molar-refractivity contribution in [2.75, 3.05) is 5.73 Å². The fourth-order valence-corrected chi connectivity index (χ4v) is 2.38. The van der Waals surface area contributed by atoms with E-state index in [1.54, 1.807) is 0 Å². The maximum atomic E-state index is 12.1. The van der Waals surface area contributed by atoms with Crippen LogP contribution in [0.15, 0.2) is 18.2 Å².